The standard InChI is InChI=1S/C40H46O9/c1-3-5-8-27-13-15-28(16-14-27)38(42)47-32-23-19-30(20-24-32)40(44)49-36-12-7-9-33-34(36)10-6-11-35(33)48-39(43)29-17-21-31(22-18-29)45-25-26-46-37(41)4-2/h4,6-7,9-12,17-18,21-22,27-28,30,32H,2-3,5,8,13-16,19-20,23-26H2,1H3. The molecule has 0 spiro atoms. The smallest absolute Gasteiger partial charge is 0.343 e. The summed E-state index contributed by atoms with van der Waals surface area (Å²) in [4.78, 5) is 50.2. The summed E-state index contributed by atoms with van der Waals surface area (Å²) in [6.45, 7) is 5.79. The van der Waals surface area contributed by atoms with Crippen LogP contribution in [0, 0.1) is 17.8 Å². The van der Waals surface area contributed by atoms with E-state index in [2.05, 4.69) is 13.5 Å². The van der Waals surface area contributed by atoms with Crippen LogP contribution in [0.5, 0.6) is 17.2 Å². The molecule has 0 unspecified atom stereocenters. The van der Waals surface area contributed by atoms with E-state index in [9.17, 15) is 19.2 Å². The van der Waals surface area contributed by atoms with Crippen molar-refractivity contribution in [3.05, 3.63) is 78.9 Å². The molecule has 2 aliphatic carbocycles. The number of rotatable bonds is 14. The summed E-state index contributed by atoms with van der Waals surface area (Å²) >= 11 is 0. The minimum atomic E-state index is -0.557. The molecule has 2 fully saturated rings. The largest absolute Gasteiger partial charge is 0.490 e. The minimum Gasteiger partial charge on any atom is -0.490 e. The minimum absolute atomic E-state index is 0.00416. The van der Waals surface area contributed by atoms with Gasteiger partial charge in [-0.3, -0.25) is 9.59 Å². The summed E-state index contributed by atoms with van der Waals surface area (Å²) in [5.74, 6) is 0.234. The van der Waals surface area contributed by atoms with Crippen molar-refractivity contribution >= 4 is 34.6 Å². The van der Waals surface area contributed by atoms with Gasteiger partial charge in [0.2, 0.25) is 0 Å². The highest BCUT2D eigenvalue weighted by Gasteiger charge is 2.33. The van der Waals surface area contributed by atoms with Gasteiger partial charge in [-0.25, -0.2) is 9.59 Å². The lowest BCUT2D eigenvalue weighted by molar-refractivity contribution is -0.158. The first-order valence-corrected chi connectivity index (χ1v) is 17.5. The van der Waals surface area contributed by atoms with E-state index in [1.54, 1.807) is 48.5 Å². The van der Waals surface area contributed by atoms with E-state index in [0.29, 0.717) is 59.3 Å². The van der Waals surface area contributed by atoms with E-state index in [1.165, 1.54) is 19.3 Å². The fraction of sp³-hybridized carbons (Fsp3) is 0.450. The number of ether oxygens (including phenoxy) is 5. The van der Waals surface area contributed by atoms with Gasteiger partial charge < -0.3 is 23.7 Å². The zero-order chi connectivity index (χ0) is 34.6. The van der Waals surface area contributed by atoms with Crippen molar-refractivity contribution in [3.8, 4) is 17.2 Å². The lowest BCUT2D eigenvalue weighted by Crippen LogP contribution is -2.32. The van der Waals surface area contributed by atoms with Crippen molar-refractivity contribution in [3.63, 3.8) is 0 Å². The molecular formula is C40H46O9. The highest BCUT2D eigenvalue weighted by molar-refractivity contribution is 5.98. The van der Waals surface area contributed by atoms with Gasteiger partial charge in [0.05, 0.1) is 17.4 Å². The van der Waals surface area contributed by atoms with E-state index in [0.717, 1.165) is 37.7 Å². The highest BCUT2D eigenvalue weighted by Crippen LogP contribution is 2.36. The van der Waals surface area contributed by atoms with Gasteiger partial charge in [0.15, 0.2) is 0 Å². The first kappa shape index (κ1) is 35.6. The first-order chi connectivity index (χ1) is 23.8. The monoisotopic (exact) mass is 670 g/mol. The lowest BCUT2D eigenvalue weighted by atomic mass is 9.80. The molecule has 5 rings (SSSR count). The van der Waals surface area contributed by atoms with Crippen molar-refractivity contribution in [1.82, 2.24) is 0 Å². The molecule has 0 aliphatic heterocycles. The zero-order valence-electron chi connectivity index (χ0n) is 28.2. The molecule has 0 atom stereocenters. The summed E-state index contributed by atoms with van der Waals surface area (Å²) in [5.41, 5.74) is 0.320. The molecule has 0 aromatic heterocycles. The molecular weight excluding hydrogens is 624 g/mol. The van der Waals surface area contributed by atoms with E-state index < -0.39 is 11.9 Å². The van der Waals surface area contributed by atoms with Crippen LogP contribution in [0.4, 0.5) is 0 Å². The summed E-state index contributed by atoms with van der Waals surface area (Å²) in [6, 6.07) is 17.0. The highest BCUT2D eigenvalue weighted by atomic mass is 16.6. The zero-order valence-corrected chi connectivity index (χ0v) is 28.2. The Bertz CT molecular complexity index is 1600. The SMILES string of the molecule is C=CC(=O)OCCOc1ccc(C(=O)Oc2cccc3c(OC(=O)C4CCC(OC(=O)C5CCC(CCCC)CC5)CC4)cccc23)cc1. The summed E-state index contributed by atoms with van der Waals surface area (Å²) < 4.78 is 28.0. The fourth-order valence-electron chi connectivity index (χ4n) is 6.69. The van der Waals surface area contributed by atoms with E-state index in [1.807, 2.05) is 12.1 Å². The van der Waals surface area contributed by atoms with Crippen LogP contribution < -0.4 is 14.2 Å². The van der Waals surface area contributed by atoms with Gasteiger partial charge >= 0.3 is 23.9 Å². The third-order valence-electron chi connectivity index (χ3n) is 9.54. The number of carbonyl (C=O) groups is 4. The molecule has 0 heterocycles. The number of fused-ring (bicyclic) bond motifs is 1. The Morgan fingerprint density at radius 2 is 1.35 bits per heavy atom. The lowest BCUT2D eigenvalue weighted by Gasteiger charge is -2.31. The Balaban J connectivity index is 1.11. The van der Waals surface area contributed by atoms with Gasteiger partial charge in [0.25, 0.3) is 0 Å². The normalized spacial score (nSPS) is 20.5. The molecule has 9 nitrogen and oxygen atoms in total. The summed E-state index contributed by atoms with van der Waals surface area (Å²) in [7, 11) is 0. The average molecular weight is 671 g/mol. The number of carbonyl (C=O) groups excluding carboxylic acids is 4. The maximum Gasteiger partial charge on any atom is 0.343 e. The molecule has 0 amide bonds. The van der Waals surface area contributed by atoms with Crippen LogP contribution in [0.15, 0.2) is 73.3 Å². The topological polar surface area (TPSA) is 114 Å². The van der Waals surface area contributed by atoms with Crippen molar-refractivity contribution in [2.45, 2.75) is 83.7 Å². The van der Waals surface area contributed by atoms with Gasteiger partial charge in [-0.1, -0.05) is 57.0 Å². The van der Waals surface area contributed by atoms with Crippen LogP contribution >= 0.6 is 0 Å². The van der Waals surface area contributed by atoms with Crippen molar-refractivity contribution in [1.29, 1.82) is 0 Å². The average Bonchev–Trinajstić information content (AvgIpc) is 3.13. The van der Waals surface area contributed by atoms with E-state index in [-0.39, 0.29) is 43.1 Å². The van der Waals surface area contributed by atoms with Crippen LogP contribution in [-0.4, -0.2) is 43.2 Å². The molecule has 2 saturated carbocycles. The van der Waals surface area contributed by atoms with Crippen LogP contribution in [0.1, 0.15) is 87.9 Å². The second-order valence-electron chi connectivity index (χ2n) is 12.9. The Morgan fingerprint density at radius 1 is 0.735 bits per heavy atom. The number of hydrogen-bond donors (Lipinski definition) is 0. The molecule has 0 saturated heterocycles. The Labute approximate surface area is 287 Å². The Kier molecular flexibility index (Phi) is 12.8. The molecule has 3 aromatic rings. The third-order valence-corrected chi connectivity index (χ3v) is 9.54. The van der Waals surface area contributed by atoms with Crippen molar-refractivity contribution in [2.24, 2.45) is 17.8 Å². The summed E-state index contributed by atoms with van der Waals surface area (Å²) in [5, 5.41) is 1.28. The van der Waals surface area contributed by atoms with Gasteiger partial charge in [-0.15, -0.1) is 0 Å². The van der Waals surface area contributed by atoms with Crippen LogP contribution in [-0.2, 0) is 23.9 Å². The molecule has 0 N–H and O–H groups in total. The fourth-order valence-corrected chi connectivity index (χ4v) is 6.69. The molecule has 9 heteroatoms. The quantitative estimate of drug-likeness (QED) is 0.0725. The van der Waals surface area contributed by atoms with Crippen molar-refractivity contribution < 1.29 is 42.9 Å². The van der Waals surface area contributed by atoms with Gasteiger partial charge in [-0.2, -0.15) is 0 Å². The maximum atomic E-state index is 13.2. The molecule has 49 heavy (non-hydrogen) atoms. The van der Waals surface area contributed by atoms with Gasteiger partial charge in [-0.05, 0) is 93.7 Å². The van der Waals surface area contributed by atoms with Crippen LogP contribution in [0.2, 0.25) is 0 Å². The Morgan fingerprint density at radius 3 is 1.98 bits per heavy atom. The second kappa shape index (κ2) is 17.7. The molecule has 2 aliphatic rings. The van der Waals surface area contributed by atoms with E-state index >= 15 is 0 Å². The number of unbranched alkanes of at least 4 members (excludes halogenated alkanes) is 1. The Hall–Kier alpha value is -4.66. The molecule has 0 radical (unpaired) electrons. The predicted octanol–water partition coefficient (Wildman–Crippen LogP) is 8.17. The summed E-state index contributed by atoms with van der Waals surface area (Å²) in [6.07, 6.45) is 11.2. The van der Waals surface area contributed by atoms with Crippen LogP contribution in [0.3, 0.4) is 0 Å². The second-order valence-corrected chi connectivity index (χ2v) is 12.9. The third kappa shape index (κ3) is 9.94. The van der Waals surface area contributed by atoms with Crippen molar-refractivity contribution in [2.75, 3.05) is 13.2 Å². The number of hydrogen-bond acceptors (Lipinski definition) is 9. The van der Waals surface area contributed by atoms with E-state index in [4.69, 9.17) is 23.7 Å². The van der Waals surface area contributed by atoms with Crippen LogP contribution in [0.25, 0.3) is 10.8 Å². The van der Waals surface area contributed by atoms with Gasteiger partial charge in [0, 0.05) is 16.8 Å². The maximum absolute atomic E-state index is 13.2. The number of esters is 4. The molecule has 3 aromatic carbocycles. The molecule has 260 valence electrons. The predicted molar refractivity (Wildman–Crippen MR) is 184 cm³/mol. The number of benzene rings is 3. The van der Waals surface area contributed by atoms with Gasteiger partial charge in [0.1, 0.15) is 36.6 Å². The first-order valence-electron chi connectivity index (χ1n) is 17.5. The molecule has 0 bridgehead atoms.